The lowest BCUT2D eigenvalue weighted by Gasteiger charge is -2.34. The van der Waals surface area contributed by atoms with Crippen molar-refractivity contribution in [1.29, 1.82) is 5.26 Å². The molecule has 122 valence electrons. The highest BCUT2D eigenvalue weighted by Gasteiger charge is 2.21. The molecule has 1 aliphatic rings. The number of hydrogen-bond acceptors (Lipinski definition) is 3. The van der Waals surface area contributed by atoms with Gasteiger partial charge in [0, 0.05) is 38.4 Å². The Kier molecular flexibility index (Phi) is 5.09. The SMILES string of the molecule is N#Cc1ccc(NC(=O)N2CCN(Cc3ccccc3)CC2)cc1. The normalized spacial score (nSPS) is 14.9. The largest absolute Gasteiger partial charge is 0.322 e. The van der Waals surface area contributed by atoms with Crippen molar-refractivity contribution in [3.05, 3.63) is 65.7 Å². The average molecular weight is 320 g/mol. The topological polar surface area (TPSA) is 59.4 Å². The van der Waals surface area contributed by atoms with Crippen molar-refractivity contribution in [2.24, 2.45) is 0 Å². The molecule has 1 saturated heterocycles. The summed E-state index contributed by atoms with van der Waals surface area (Å²) in [5, 5.41) is 11.7. The zero-order valence-corrected chi connectivity index (χ0v) is 13.5. The van der Waals surface area contributed by atoms with E-state index in [0.717, 1.165) is 32.7 Å². The van der Waals surface area contributed by atoms with Crippen LogP contribution in [-0.4, -0.2) is 42.0 Å². The van der Waals surface area contributed by atoms with E-state index >= 15 is 0 Å². The minimum Gasteiger partial charge on any atom is -0.322 e. The molecule has 24 heavy (non-hydrogen) atoms. The number of nitrogens with one attached hydrogen (secondary N) is 1. The van der Waals surface area contributed by atoms with Crippen LogP contribution in [0.4, 0.5) is 10.5 Å². The maximum absolute atomic E-state index is 12.3. The number of urea groups is 1. The van der Waals surface area contributed by atoms with E-state index in [9.17, 15) is 4.79 Å². The molecule has 1 N–H and O–H groups in total. The Morgan fingerprint density at radius 1 is 1.00 bits per heavy atom. The number of nitrogens with zero attached hydrogens (tertiary/aromatic N) is 3. The maximum Gasteiger partial charge on any atom is 0.321 e. The molecular weight excluding hydrogens is 300 g/mol. The van der Waals surface area contributed by atoms with Crippen LogP contribution >= 0.6 is 0 Å². The average Bonchev–Trinajstić information content (AvgIpc) is 2.64. The van der Waals surface area contributed by atoms with Crippen molar-refractivity contribution in [1.82, 2.24) is 9.80 Å². The minimum absolute atomic E-state index is 0.0842. The zero-order chi connectivity index (χ0) is 16.8. The van der Waals surface area contributed by atoms with E-state index in [4.69, 9.17) is 5.26 Å². The molecule has 0 bridgehead atoms. The number of nitriles is 1. The van der Waals surface area contributed by atoms with Gasteiger partial charge in [0.25, 0.3) is 0 Å². The Labute approximate surface area is 142 Å². The van der Waals surface area contributed by atoms with Gasteiger partial charge in [0.15, 0.2) is 0 Å². The predicted molar refractivity (Wildman–Crippen MR) is 93.5 cm³/mol. The van der Waals surface area contributed by atoms with E-state index in [1.807, 2.05) is 11.0 Å². The fraction of sp³-hybridized carbons (Fsp3) is 0.263. The first kappa shape index (κ1) is 16.0. The van der Waals surface area contributed by atoms with E-state index in [1.54, 1.807) is 24.3 Å². The molecule has 0 unspecified atom stereocenters. The molecule has 5 nitrogen and oxygen atoms in total. The summed E-state index contributed by atoms with van der Waals surface area (Å²) in [7, 11) is 0. The van der Waals surface area contributed by atoms with E-state index in [1.165, 1.54) is 5.56 Å². The van der Waals surface area contributed by atoms with Crippen molar-refractivity contribution in [3.63, 3.8) is 0 Å². The van der Waals surface area contributed by atoms with Crippen molar-refractivity contribution >= 4 is 11.7 Å². The molecule has 2 amide bonds. The number of carbonyl (C=O) groups excluding carboxylic acids is 1. The van der Waals surface area contributed by atoms with Crippen LogP contribution in [0.2, 0.25) is 0 Å². The number of hydrogen-bond donors (Lipinski definition) is 1. The number of piperazine rings is 1. The quantitative estimate of drug-likeness (QED) is 0.946. The third kappa shape index (κ3) is 4.12. The molecule has 2 aromatic carbocycles. The van der Waals surface area contributed by atoms with Crippen molar-refractivity contribution < 1.29 is 4.79 Å². The standard InChI is InChI=1S/C19H20N4O/c20-14-16-6-8-18(9-7-16)21-19(24)23-12-10-22(11-13-23)15-17-4-2-1-3-5-17/h1-9H,10-13,15H2,(H,21,24). The van der Waals surface area contributed by atoms with Gasteiger partial charge < -0.3 is 10.2 Å². The molecule has 0 aromatic heterocycles. The van der Waals surface area contributed by atoms with Crippen molar-refractivity contribution in [2.45, 2.75) is 6.54 Å². The van der Waals surface area contributed by atoms with Gasteiger partial charge in [-0.2, -0.15) is 5.26 Å². The first-order valence-electron chi connectivity index (χ1n) is 8.07. The molecule has 5 heteroatoms. The fourth-order valence-corrected chi connectivity index (χ4v) is 2.78. The summed E-state index contributed by atoms with van der Waals surface area (Å²) in [5.41, 5.74) is 2.60. The predicted octanol–water partition coefficient (Wildman–Crippen LogP) is 2.91. The first-order valence-corrected chi connectivity index (χ1v) is 8.07. The highest BCUT2D eigenvalue weighted by atomic mass is 16.2. The van der Waals surface area contributed by atoms with Crippen LogP contribution in [0.5, 0.6) is 0 Å². The van der Waals surface area contributed by atoms with Gasteiger partial charge in [-0.05, 0) is 29.8 Å². The third-order valence-corrected chi connectivity index (χ3v) is 4.17. The number of amides is 2. The van der Waals surface area contributed by atoms with Crippen LogP contribution < -0.4 is 5.32 Å². The van der Waals surface area contributed by atoms with Crippen molar-refractivity contribution in [3.8, 4) is 6.07 Å². The lowest BCUT2D eigenvalue weighted by molar-refractivity contribution is 0.143. The number of benzene rings is 2. The van der Waals surface area contributed by atoms with Crippen LogP contribution in [0.15, 0.2) is 54.6 Å². The molecule has 0 atom stereocenters. The van der Waals surface area contributed by atoms with Gasteiger partial charge in [0.05, 0.1) is 11.6 Å². The van der Waals surface area contributed by atoms with E-state index in [2.05, 4.69) is 40.6 Å². The summed E-state index contributed by atoms with van der Waals surface area (Å²) in [5.74, 6) is 0. The van der Waals surface area contributed by atoms with Crippen LogP contribution in [0, 0.1) is 11.3 Å². The molecular formula is C19H20N4O. The molecule has 1 fully saturated rings. The van der Waals surface area contributed by atoms with Gasteiger partial charge in [-0.15, -0.1) is 0 Å². The van der Waals surface area contributed by atoms with Gasteiger partial charge in [-0.25, -0.2) is 4.79 Å². The molecule has 3 rings (SSSR count). The lowest BCUT2D eigenvalue weighted by Crippen LogP contribution is -2.49. The van der Waals surface area contributed by atoms with Crippen molar-refractivity contribution in [2.75, 3.05) is 31.5 Å². The lowest BCUT2D eigenvalue weighted by atomic mass is 10.2. The molecule has 2 aromatic rings. The van der Waals surface area contributed by atoms with E-state index in [-0.39, 0.29) is 6.03 Å². The van der Waals surface area contributed by atoms with E-state index in [0.29, 0.717) is 11.3 Å². The second kappa shape index (κ2) is 7.62. The monoisotopic (exact) mass is 320 g/mol. The summed E-state index contributed by atoms with van der Waals surface area (Å²) in [4.78, 5) is 16.5. The van der Waals surface area contributed by atoms with Crippen LogP contribution in [-0.2, 0) is 6.54 Å². The Hall–Kier alpha value is -2.84. The number of anilines is 1. The third-order valence-electron chi connectivity index (χ3n) is 4.17. The zero-order valence-electron chi connectivity index (χ0n) is 13.5. The fourth-order valence-electron chi connectivity index (χ4n) is 2.78. The summed E-state index contributed by atoms with van der Waals surface area (Å²) in [6.45, 7) is 4.10. The summed E-state index contributed by atoms with van der Waals surface area (Å²) in [6.07, 6.45) is 0. The van der Waals surface area contributed by atoms with E-state index < -0.39 is 0 Å². The minimum atomic E-state index is -0.0842. The van der Waals surface area contributed by atoms with Gasteiger partial charge in [0.1, 0.15) is 0 Å². The number of carbonyl (C=O) groups is 1. The molecule has 1 heterocycles. The first-order chi connectivity index (χ1) is 11.7. The Bertz CT molecular complexity index is 713. The maximum atomic E-state index is 12.3. The van der Waals surface area contributed by atoms with Gasteiger partial charge >= 0.3 is 6.03 Å². The molecule has 0 saturated carbocycles. The highest BCUT2D eigenvalue weighted by Crippen LogP contribution is 2.12. The Balaban J connectivity index is 1.48. The summed E-state index contributed by atoms with van der Waals surface area (Å²) < 4.78 is 0. The van der Waals surface area contributed by atoms with Gasteiger partial charge in [-0.3, -0.25) is 4.90 Å². The second-order valence-electron chi connectivity index (χ2n) is 5.87. The Morgan fingerprint density at radius 2 is 1.67 bits per heavy atom. The smallest absolute Gasteiger partial charge is 0.321 e. The van der Waals surface area contributed by atoms with Crippen LogP contribution in [0.25, 0.3) is 0 Å². The molecule has 0 radical (unpaired) electrons. The van der Waals surface area contributed by atoms with Crippen LogP contribution in [0.3, 0.4) is 0 Å². The van der Waals surface area contributed by atoms with Gasteiger partial charge in [-0.1, -0.05) is 30.3 Å². The second-order valence-corrected chi connectivity index (χ2v) is 5.87. The van der Waals surface area contributed by atoms with Crippen LogP contribution in [0.1, 0.15) is 11.1 Å². The Morgan fingerprint density at radius 3 is 2.29 bits per heavy atom. The molecule has 1 aliphatic heterocycles. The highest BCUT2D eigenvalue weighted by molar-refractivity contribution is 5.89. The summed E-state index contributed by atoms with van der Waals surface area (Å²) >= 11 is 0. The molecule has 0 spiro atoms. The van der Waals surface area contributed by atoms with Gasteiger partial charge in [0.2, 0.25) is 0 Å². The summed E-state index contributed by atoms with van der Waals surface area (Å²) in [6, 6.07) is 19.3. The molecule has 0 aliphatic carbocycles. The number of rotatable bonds is 3.